The van der Waals surface area contributed by atoms with Crippen LogP contribution in [-0.2, 0) is 10.0 Å². The molecule has 0 saturated heterocycles. The summed E-state index contributed by atoms with van der Waals surface area (Å²) in [6, 6.07) is 20.7. The Kier molecular flexibility index (Phi) is 6.03. The summed E-state index contributed by atoms with van der Waals surface area (Å²) in [5.41, 5.74) is 3.34. The Balaban J connectivity index is 1.86. The molecular weight excluding hydrogens is 384 g/mol. The van der Waals surface area contributed by atoms with Crippen LogP contribution in [0.4, 0.5) is 11.4 Å². The van der Waals surface area contributed by atoms with Gasteiger partial charge in [-0.2, -0.15) is 0 Å². The SMILES string of the molecule is Cc1ccccc1NS(=O)(=O)c1cccc(C(=O)Nc2ccccc2C(C)C)c1. The topological polar surface area (TPSA) is 75.3 Å². The van der Waals surface area contributed by atoms with E-state index < -0.39 is 10.0 Å². The molecule has 5 nitrogen and oxygen atoms in total. The molecule has 0 heterocycles. The van der Waals surface area contributed by atoms with Gasteiger partial charge in [-0.3, -0.25) is 9.52 Å². The minimum absolute atomic E-state index is 0.0329. The first kappa shape index (κ1) is 20.6. The van der Waals surface area contributed by atoms with Gasteiger partial charge in [0.1, 0.15) is 0 Å². The number of carbonyl (C=O) groups is 1. The molecule has 1 amide bonds. The molecule has 0 aliphatic heterocycles. The number of rotatable bonds is 6. The van der Waals surface area contributed by atoms with Crippen molar-refractivity contribution in [2.45, 2.75) is 31.6 Å². The minimum Gasteiger partial charge on any atom is -0.322 e. The van der Waals surface area contributed by atoms with E-state index in [0.29, 0.717) is 5.69 Å². The van der Waals surface area contributed by atoms with Crippen molar-refractivity contribution in [3.8, 4) is 0 Å². The number of hydrogen-bond acceptors (Lipinski definition) is 3. The average Bonchev–Trinajstić information content (AvgIpc) is 2.70. The van der Waals surface area contributed by atoms with Crippen molar-refractivity contribution in [1.82, 2.24) is 0 Å². The Labute approximate surface area is 171 Å². The van der Waals surface area contributed by atoms with Gasteiger partial charge in [0.05, 0.1) is 10.6 Å². The van der Waals surface area contributed by atoms with Crippen LogP contribution in [0.3, 0.4) is 0 Å². The van der Waals surface area contributed by atoms with Gasteiger partial charge in [0, 0.05) is 11.3 Å². The van der Waals surface area contributed by atoms with Crippen LogP contribution in [0.2, 0.25) is 0 Å². The number of carbonyl (C=O) groups excluding carboxylic acids is 1. The third-order valence-corrected chi connectivity index (χ3v) is 5.99. The first-order valence-corrected chi connectivity index (χ1v) is 10.8. The molecule has 0 aliphatic rings. The van der Waals surface area contributed by atoms with Gasteiger partial charge in [0.25, 0.3) is 15.9 Å². The molecule has 0 unspecified atom stereocenters. The molecule has 3 aromatic carbocycles. The monoisotopic (exact) mass is 408 g/mol. The minimum atomic E-state index is -3.82. The Morgan fingerprint density at radius 1 is 0.862 bits per heavy atom. The predicted molar refractivity (Wildman–Crippen MR) is 117 cm³/mol. The molecule has 3 rings (SSSR count). The van der Waals surface area contributed by atoms with Crippen LogP contribution < -0.4 is 10.0 Å². The first-order valence-electron chi connectivity index (χ1n) is 9.37. The maximum Gasteiger partial charge on any atom is 0.261 e. The lowest BCUT2D eigenvalue weighted by atomic mass is 10.0. The second-order valence-corrected chi connectivity index (χ2v) is 8.83. The second kappa shape index (κ2) is 8.49. The lowest BCUT2D eigenvalue weighted by Gasteiger charge is -2.14. The molecule has 0 spiro atoms. The lowest BCUT2D eigenvalue weighted by Crippen LogP contribution is -2.17. The summed E-state index contributed by atoms with van der Waals surface area (Å²) in [6.45, 7) is 5.93. The van der Waals surface area contributed by atoms with E-state index in [1.807, 2.05) is 43.3 Å². The molecule has 3 aromatic rings. The Hall–Kier alpha value is -3.12. The molecule has 150 valence electrons. The largest absolute Gasteiger partial charge is 0.322 e. The van der Waals surface area contributed by atoms with Crippen LogP contribution in [0.15, 0.2) is 77.7 Å². The van der Waals surface area contributed by atoms with E-state index in [1.165, 1.54) is 12.1 Å². The van der Waals surface area contributed by atoms with Crippen molar-refractivity contribution in [2.75, 3.05) is 10.0 Å². The third kappa shape index (κ3) is 4.84. The summed E-state index contributed by atoms with van der Waals surface area (Å²) in [5.74, 6) is -0.109. The van der Waals surface area contributed by atoms with Crippen LogP contribution in [0.5, 0.6) is 0 Å². The fourth-order valence-corrected chi connectivity index (χ4v) is 4.18. The summed E-state index contributed by atoms with van der Waals surface area (Å²) in [6.07, 6.45) is 0. The van der Waals surface area contributed by atoms with Gasteiger partial charge in [-0.15, -0.1) is 0 Å². The maximum absolute atomic E-state index is 12.8. The zero-order valence-corrected chi connectivity index (χ0v) is 17.5. The van der Waals surface area contributed by atoms with E-state index in [2.05, 4.69) is 23.9 Å². The molecule has 6 heteroatoms. The van der Waals surface area contributed by atoms with Gasteiger partial charge in [0.2, 0.25) is 0 Å². The van der Waals surface area contributed by atoms with E-state index in [4.69, 9.17) is 0 Å². The predicted octanol–water partition coefficient (Wildman–Crippen LogP) is 5.17. The second-order valence-electron chi connectivity index (χ2n) is 7.14. The summed E-state index contributed by atoms with van der Waals surface area (Å²) in [7, 11) is -3.82. The summed E-state index contributed by atoms with van der Waals surface area (Å²) in [5, 5.41) is 2.89. The standard InChI is InChI=1S/C23H24N2O3S/c1-16(2)20-12-5-7-14-22(20)24-23(26)18-10-8-11-19(15-18)29(27,28)25-21-13-6-4-9-17(21)3/h4-16,25H,1-3H3,(H,24,26). The highest BCUT2D eigenvalue weighted by molar-refractivity contribution is 7.92. The van der Waals surface area contributed by atoms with Crippen molar-refractivity contribution in [3.05, 3.63) is 89.5 Å². The molecule has 0 aliphatic carbocycles. The van der Waals surface area contributed by atoms with Gasteiger partial charge in [-0.05, 0) is 54.3 Å². The Bertz CT molecular complexity index is 1140. The third-order valence-electron chi connectivity index (χ3n) is 4.63. The lowest BCUT2D eigenvalue weighted by molar-refractivity contribution is 0.102. The highest BCUT2D eigenvalue weighted by atomic mass is 32.2. The average molecular weight is 409 g/mol. The number of benzene rings is 3. The van der Waals surface area contributed by atoms with Crippen LogP contribution in [0, 0.1) is 6.92 Å². The zero-order chi connectivity index (χ0) is 21.0. The zero-order valence-electron chi connectivity index (χ0n) is 16.6. The molecule has 0 atom stereocenters. The summed E-state index contributed by atoms with van der Waals surface area (Å²) < 4.78 is 28.2. The number of para-hydroxylation sites is 2. The van der Waals surface area contributed by atoms with Crippen molar-refractivity contribution in [1.29, 1.82) is 0 Å². The molecule has 0 aromatic heterocycles. The van der Waals surface area contributed by atoms with Crippen molar-refractivity contribution < 1.29 is 13.2 Å². The molecular formula is C23H24N2O3S. The smallest absolute Gasteiger partial charge is 0.261 e. The van der Waals surface area contributed by atoms with Crippen LogP contribution in [-0.4, -0.2) is 14.3 Å². The van der Waals surface area contributed by atoms with E-state index in [0.717, 1.165) is 16.8 Å². The van der Waals surface area contributed by atoms with Gasteiger partial charge >= 0.3 is 0 Å². The molecule has 0 radical (unpaired) electrons. The molecule has 29 heavy (non-hydrogen) atoms. The Morgan fingerprint density at radius 2 is 1.52 bits per heavy atom. The number of hydrogen-bond donors (Lipinski definition) is 2. The molecule has 0 fully saturated rings. The van der Waals surface area contributed by atoms with Gasteiger partial charge in [-0.1, -0.05) is 56.3 Å². The summed E-state index contributed by atoms with van der Waals surface area (Å²) in [4.78, 5) is 12.8. The van der Waals surface area contributed by atoms with Crippen molar-refractivity contribution in [3.63, 3.8) is 0 Å². The van der Waals surface area contributed by atoms with Crippen LogP contribution in [0.25, 0.3) is 0 Å². The first-order chi connectivity index (χ1) is 13.8. The number of amides is 1. The quantitative estimate of drug-likeness (QED) is 0.591. The number of nitrogens with one attached hydrogen (secondary N) is 2. The molecule has 2 N–H and O–H groups in total. The fraction of sp³-hybridized carbons (Fsp3) is 0.174. The number of aryl methyl sites for hydroxylation is 1. The van der Waals surface area contributed by atoms with Crippen LogP contribution >= 0.6 is 0 Å². The number of anilines is 2. The van der Waals surface area contributed by atoms with E-state index in [1.54, 1.807) is 24.3 Å². The maximum atomic E-state index is 12.8. The highest BCUT2D eigenvalue weighted by Crippen LogP contribution is 2.25. The van der Waals surface area contributed by atoms with E-state index in [-0.39, 0.29) is 22.3 Å². The van der Waals surface area contributed by atoms with Crippen molar-refractivity contribution in [2.24, 2.45) is 0 Å². The normalized spacial score (nSPS) is 11.3. The molecule has 0 saturated carbocycles. The van der Waals surface area contributed by atoms with E-state index >= 15 is 0 Å². The molecule has 0 bridgehead atoms. The van der Waals surface area contributed by atoms with Gasteiger partial charge < -0.3 is 5.32 Å². The van der Waals surface area contributed by atoms with Gasteiger partial charge in [0.15, 0.2) is 0 Å². The van der Waals surface area contributed by atoms with E-state index in [9.17, 15) is 13.2 Å². The fourth-order valence-electron chi connectivity index (χ4n) is 3.00. The number of sulfonamides is 1. The Morgan fingerprint density at radius 3 is 2.21 bits per heavy atom. The van der Waals surface area contributed by atoms with Crippen LogP contribution in [0.1, 0.15) is 41.3 Å². The highest BCUT2D eigenvalue weighted by Gasteiger charge is 2.18. The van der Waals surface area contributed by atoms with Gasteiger partial charge in [-0.25, -0.2) is 8.42 Å². The summed E-state index contributed by atoms with van der Waals surface area (Å²) >= 11 is 0. The van der Waals surface area contributed by atoms with Crippen molar-refractivity contribution >= 4 is 27.3 Å².